The van der Waals surface area contributed by atoms with Crippen molar-refractivity contribution in [2.75, 3.05) is 32.8 Å². The number of likely N-dealkylation sites (tertiary alicyclic amines) is 1. The number of ether oxygens (including phenoxy) is 1. The minimum absolute atomic E-state index is 0.334. The van der Waals surface area contributed by atoms with Gasteiger partial charge in [0, 0.05) is 19.6 Å². The quantitative estimate of drug-likeness (QED) is 0.816. The average Bonchev–Trinajstić information content (AvgIpc) is 2.39. The lowest BCUT2D eigenvalue weighted by atomic mass is 9.91. The highest BCUT2D eigenvalue weighted by Gasteiger charge is 2.23. The molecule has 1 unspecified atom stereocenters. The van der Waals surface area contributed by atoms with Crippen LogP contribution in [0.25, 0.3) is 0 Å². The molecule has 0 aromatic rings. The van der Waals surface area contributed by atoms with Gasteiger partial charge in [0.1, 0.15) is 0 Å². The van der Waals surface area contributed by atoms with Crippen molar-refractivity contribution < 1.29 is 14.6 Å². The van der Waals surface area contributed by atoms with Crippen LogP contribution in [0.5, 0.6) is 0 Å². The van der Waals surface area contributed by atoms with Crippen molar-refractivity contribution in [3.05, 3.63) is 0 Å². The first kappa shape index (κ1) is 13.8. The number of rotatable bonds is 5. The fourth-order valence-corrected chi connectivity index (χ4v) is 3.10. The second kappa shape index (κ2) is 7.10. The Labute approximate surface area is 109 Å². The van der Waals surface area contributed by atoms with Gasteiger partial charge in [0.05, 0.1) is 6.61 Å². The molecule has 2 fully saturated rings. The number of nitrogens with zero attached hydrogens (tertiary/aromatic N) is 1. The van der Waals surface area contributed by atoms with E-state index in [1.54, 1.807) is 0 Å². The molecule has 2 saturated heterocycles. The summed E-state index contributed by atoms with van der Waals surface area (Å²) in [7, 11) is 0. The van der Waals surface area contributed by atoms with Gasteiger partial charge < -0.3 is 14.7 Å². The summed E-state index contributed by atoms with van der Waals surface area (Å²) < 4.78 is 5.52. The maximum atomic E-state index is 10.5. The Hall–Kier alpha value is -0.610. The van der Waals surface area contributed by atoms with Crippen LogP contribution in [0.3, 0.4) is 0 Å². The van der Waals surface area contributed by atoms with Gasteiger partial charge in [0.25, 0.3) is 0 Å². The molecular weight excluding hydrogens is 230 g/mol. The molecule has 2 aliphatic rings. The molecule has 4 nitrogen and oxygen atoms in total. The van der Waals surface area contributed by atoms with Gasteiger partial charge in [-0.3, -0.25) is 4.79 Å². The predicted octanol–water partition coefficient (Wildman–Crippen LogP) is 1.99. The number of hydrogen-bond donors (Lipinski definition) is 1. The Morgan fingerprint density at radius 2 is 2.00 bits per heavy atom. The Morgan fingerprint density at radius 1 is 1.22 bits per heavy atom. The molecule has 0 aromatic carbocycles. The van der Waals surface area contributed by atoms with Crippen LogP contribution in [0.1, 0.15) is 38.5 Å². The minimum Gasteiger partial charge on any atom is -0.481 e. The normalized spacial score (nSPS) is 27.2. The first-order valence-corrected chi connectivity index (χ1v) is 7.26. The molecule has 0 saturated carbocycles. The molecule has 1 atom stereocenters. The zero-order valence-electron chi connectivity index (χ0n) is 11.1. The molecule has 18 heavy (non-hydrogen) atoms. The Bertz CT molecular complexity index is 256. The van der Waals surface area contributed by atoms with Crippen molar-refractivity contribution in [1.82, 2.24) is 4.90 Å². The zero-order chi connectivity index (χ0) is 12.8. The van der Waals surface area contributed by atoms with E-state index in [1.165, 1.54) is 32.2 Å². The fourth-order valence-electron chi connectivity index (χ4n) is 3.10. The van der Waals surface area contributed by atoms with Crippen molar-refractivity contribution in [3.8, 4) is 0 Å². The molecule has 0 spiro atoms. The predicted molar refractivity (Wildman–Crippen MR) is 69.6 cm³/mol. The lowest BCUT2D eigenvalue weighted by Crippen LogP contribution is -2.39. The lowest BCUT2D eigenvalue weighted by Gasteiger charge is -2.35. The summed E-state index contributed by atoms with van der Waals surface area (Å²) in [6.07, 6.45) is 6.04. The number of piperidine rings is 1. The van der Waals surface area contributed by atoms with Gasteiger partial charge in [-0.25, -0.2) is 0 Å². The SMILES string of the molecule is O=C(O)CCC1CCN(CC2CCCOC2)CC1. The zero-order valence-corrected chi connectivity index (χ0v) is 11.1. The average molecular weight is 255 g/mol. The molecule has 0 aromatic heterocycles. The van der Waals surface area contributed by atoms with Gasteiger partial charge in [0.2, 0.25) is 0 Å². The molecule has 0 radical (unpaired) electrons. The number of carboxylic acids is 1. The summed E-state index contributed by atoms with van der Waals surface area (Å²) in [4.78, 5) is 13.1. The van der Waals surface area contributed by atoms with Gasteiger partial charge >= 0.3 is 5.97 Å². The van der Waals surface area contributed by atoms with Crippen LogP contribution in [0.15, 0.2) is 0 Å². The highest BCUT2D eigenvalue weighted by molar-refractivity contribution is 5.66. The standard InChI is InChI=1S/C14H25NO3/c16-14(17)4-3-12-5-7-15(8-6-12)10-13-2-1-9-18-11-13/h12-13H,1-11H2,(H,16,17). The molecule has 0 amide bonds. The molecule has 4 heteroatoms. The van der Waals surface area contributed by atoms with Crippen LogP contribution in [-0.2, 0) is 9.53 Å². The monoisotopic (exact) mass is 255 g/mol. The van der Waals surface area contributed by atoms with E-state index in [0.29, 0.717) is 18.3 Å². The Balaban J connectivity index is 1.62. The Kier molecular flexibility index (Phi) is 5.45. The van der Waals surface area contributed by atoms with E-state index < -0.39 is 5.97 Å². The van der Waals surface area contributed by atoms with Crippen LogP contribution in [0, 0.1) is 11.8 Å². The second-order valence-electron chi connectivity index (χ2n) is 5.76. The summed E-state index contributed by atoms with van der Waals surface area (Å²) >= 11 is 0. The number of carboxylic acid groups (broad SMARTS) is 1. The topological polar surface area (TPSA) is 49.8 Å². The maximum Gasteiger partial charge on any atom is 0.303 e. The van der Waals surface area contributed by atoms with Gasteiger partial charge in [-0.05, 0) is 57.0 Å². The molecule has 0 bridgehead atoms. The summed E-state index contributed by atoms with van der Waals surface area (Å²) in [6.45, 7) is 5.32. The van der Waals surface area contributed by atoms with Crippen molar-refractivity contribution in [1.29, 1.82) is 0 Å². The third-order valence-electron chi connectivity index (χ3n) is 4.24. The van der Waals surface area contributed by atoms with Crippen molar-refractivity contribution in [2.24, 2.45) is 11.8 Å². The van der Waals surface area contributed by atoms with Crippen molar-refractivity contribution in [2.45, 2.75) is 38.5 Å². The summed E-state index contributed by atoms with van der Waals surface area (Å²) in [5, 5.41) is 8.69. The van der Waals surface area contributed by atoms with Crippen LogP contribution in [0.4, 0.5) is 0 Å². The molecule has 0 aliphatic carbocycles. The van der Waals surface area contributed by atoms with E-state index in [2.05, 4.69) is 4.90 Å². The van der Waals surface area contributed by atoms with E-state index in [1.807, 2.05) is 0 Å². The second-order valence-corrected chi connectivity index (χ2v) is 5.76. The molecule has 1 N–H and O–H groups in total. The highest BCUT2D eigenvalue weighted by atomic mass is 16.5. The maximum absolute atomic E-state index is 10.5. The van der Waals surface area contributed by atoms with Crippen LogP contribution in [0.2, 0.25) is 0 Å². The Morgan fingerprint density at radius 3 is 2.61 bits per heavy atom. The van der Waals surface area contributed by atoms with E-state index >= 15 is 0 Å². The van der Waals surface area contributed by atoms with Gasteiger partial charge in [-0.1, -0.05) is 0 Å². The summed E-state index contributed by atoms with van der Waals surface area (Å²) in [6, 6.07) is 0. The summed E-state index contributed by atoms with van der Waals surface area (Å²) in [5.41, 5.74) is 0. The highest BCUT2D eigenvalue weighted by Crippen LogP contribution is 2.24. The first-order chi connectivity index (χ1) is 8.74. The van der Waals surface area contributed by atoms with E-state index in [4.69, 9.17) is 9.84 Å². The third kappa shape index (κ3) is 4.58. The molecular formula is C14H25NO3. The fraction of sp³-hybridized carbons (Fsp3) is 0.929. The van der Waals surface area contributed by atoms with Crippen LogP contribution in [-0.4, -0.2) is 48.8 Å². The first-order valence-electron chi connectivity index (χ1n) is 7.26. The lowest BCUT2D eigenvalue weighted by molar-refractivity contribution is -0.137. The van der Waals surface area contributed by atoms with Gasteiger partial charge in [-0.2, -0.15) is 0 Å². The van der Waals surface area contributed by atoms with Crippen molar-refractivity contribution >= 4 is 5.97 Å². The molecule has 104 valence electrons. The van der Waals surface area contributed by atoms with Crippen molar-refractivity contribution in [3.63, 3.8) is 0 Å². The van der Waals surface area contributed by atoms with Gasteiger partial charge in [-0.15, -0.1) is 0 Å². The molecule has 2 heterocycles. The number of hydrogen-bond acceptors (Lipinski definition) is 3. The smallest absolute Gasteiger partial charge is 0.303 e. The van der Waals surface area contributed by atoms with Crippen LogP contribution >= 0.6 is 0 Å². The number of carbonyl (C=O) groups is 1. The molecule has 2 rings (SSSR count). The summed E-state index contributed by atoms with van der Waals surface area (Å²) in [5.74, 6) is 0.686. The van der Waals surface area contributed by atoms with Gasteiger partial charge in [0.15, 0.2) is 0 Å². The van der Waals surface area contributed by atoms with E-state index in [9.17, 15) is 4.79 Å². The van der Waals surface area contributed by atoms with E-state index in [0.717, 1.165) is 32.7 Å². The molecule has 2 aliphatic heterocycles. The third-order valence-corrected chi connectivity index (χ3v) is 4.24. The van der Waals surface area contributed by atoms with Crippen LogP contribution < -0.4 is 0 Å². The van der Waals surface area contributed by atoms with E-state index in [-0.39, 0.29) is 0 Å². The largest absolute Gasteiger partial charge is 0.481 e. The minimum atomic E-state index is -0.656. The number of aliphatic carboxylic acids is 1.